The van der Waals surface area contributed by atoms with Crippen LogP contribution >= 0.6 is 0 Å². The first kappa shape index (κ1) is 8.96. The van der Waals surface area contributed by atoms with Crippen molar-refractivity contribution in [2.45, 2.75) is 0 Å². The van der Waals surface area contributed by atoms with Crippen LogP contribution in [-0.4, -0.2) is 6.41 Å². The number of hydrogen-bond acceptors (Lipinski definition) is 1. The van der Waals surface area contributed by atoms with Gasteiger partial charge in [-0.1, -0.05) is 6.58 Å². The average Bonchev–Trinajstić information content (AvgIpc) is 1.41. The van der Waals surface area contributed by atoms with E-state index in [1.165, 1.54) is 6.20 Å². The van der Waals surface area contributed by atoms with Crippen molar-refractivity contribution in [2.24, 2.45) is 0 Å². The van der Waals surface area contributed by atoms with E-state index >= 15 is 0 Å². The van der Waals surface area contributed by atoms with E-state index in [4.69, 9.17) is 0 Å². The molecule has 0 rings (SSSR count). The van der Waals surface area contributed by atoms with Crippen LogP contribution in [0.4, 0.5) is 0 Å². The molecular formula is C4H5NO. The Balaban J connectivity index is 0. The lowest BCUT2D eigenvalue weighted by atomic mass is 11.0. The molecule has 32 valence electrons. The van der Waals surface area contributed by atoms with Crippen molar-refractivity contribution in [3.63, 3.8) is 0 Å². The van der Waals surface area contributed by atoms with Crippen molar-refractivity contribution in [1.82, 2.24) is 5.32 Å². The summed E-state index contributed by atoms with van der Waals surface area (Å²) in [6, 6.07) is 0. The first-order valence-corrected chi connectivity index (χ1v) is 1.22. The number of nitrogens with one attached hydrogen (secondary N) is 1. The maximum Gasteiger partial charge on any atom is 0.211 e. The molecule has 6 heavy (non-hydrogen) atoms. The Kier molecular flexibility index (Phi) is 13.3. The predicted octanol–water partition coefficient (Wildman–Crippen LogP) is -0.0428. The van der Waals surface area contributed by atoms with Gasteiger partial charge in [-0.05, 0) is 6.20 Å². The highest BCUT2D eigenvalue weighted by molar-refractivity contribution is 5.47. The lowest BCUT2D eigenvalue weighted by molar-refractivity contribution is -0.108. The molecule has 0 saturated heterocycles. The molecule has 0 unspecified atom stereocenters. The fourth-order valence-electron chi connectivity index (χ4n) is 0.0481. The van der Waals surface area contributed by atoms with Gasteiger partial charge in [-0.3, -0.25) is 4.79 Å². The fourth-order valence-corrected chi connectivity index (χ4v) is 0.0481. The molecular weight excluding hydrogens is 78.0 g/mol. The molecule has 0 spiro atoms. The standard InChI is InChI=1S/C3H5NO.C/c1-2-4-3-5;/h2-3H,1H2,(H,4,5);. The summed E-state index contributed by atoms with van der Waals surface area (Å²) < 4.78 is 0. The molecule has 0 aromatic carbocycles. The maximum atomic E-state index is 9.22. The zero-order valence-electron chi connectivity index (χ0n) is 3.27. The zero-order chi connectivity index (χ0) is 4.12. The van der Waals surface area contributed by atoms with Crippen LogP contribution in [-0.2, 0) is 4.79 Å². The van der Waals surface area contributed by atoms with Crippen LogP contribution in [0.5, 0.6) is 0 Å². The second-order valence-electron chi connectivity index (χ2n) is 0.489. The molecule has 0 aromatic heterocycles. The van der Waals surface area contributed by atoms with Crippen molar-refractivity contribution < 1.29 is 4.79 Å². The molecule has 0 aromatic rings. The molecule has 0 aliphatic rings. The Bertz CT molecular complexity index is 36.8. The second kappa shape index (κ2) is 8.88. The van der Waals surface area contributed by atoms with Crippen molar-refractivity contribution in [3.05, 3.63) is 20.2 Å². The van der Waals surface area contributed by atoms with Crippen LogP contribution in [0.15, 0.2) is 12.8 Å². The molecule has 0 atom stereocenters. The van der Waals surface area contributed by atoms with Crippen molar-refractivity contribution in [1.29, 1.82) is 0 Å². The van der Waals surface area contributed by atoms with E-state index in [-0.39, 0.29) is 7.43 Å². The van der Waals surface area contributed by atoms with Gasteiger partial charge in [0, 0.05) is 7.43 Å². The Hall–Kier alpha value is -0.790. The van der Waals surface area contributed by atoms with E-state index in [1.807, 2.05) is 0 Å². The maximum absolute atomic E-state index is 9.22. The third-order valence-corrected chi connectivity index (χ3v) is 0.186. The van der Waals surface area contributed by atoms with E-state index in [9.17, 15) is 4.79 Å². The minimum Gasteiger partial charge on any atom is -0.336 e. The van der Waals surface area contributed by atoms with Crippen LogP contribution in [0, 0.1) is 7.43 Å². The van der Waals surface area contributed by atoms with Crippen LogP contribution in [0.25, 0.3) is 0 Å². The molecule has 0 fully saturated rings. The molecule has 1 N–H and O–H groups in total. The summed E-state index contributed by atoms with van der Waals surface area (Å²) in [7, 11) is 0. The average molecular weight is 83.1 g/mol. The van der Waals surface area contributed by atoms with Crippen molar-refractivity contribution >= 4 is 6.41 Å². The van der Waals surface area contributed by atoms with Gasteiger partial charge in [-0.2, -0.15) is 0 Å². The minimum absolute atomic E-state index is 0. The van der Waals surface area contributed by atoms with E-state index in [1.54, 1.807) is 0 Å². The molecule has 4 radical (unpaired) electrons. The summed E-state index contributed by atoms with van der Waals surface area (Å²) in [5.74, 6) is 0. The second-order valence-corrected chi connectivity index (χ2v) is 0.489. The van der Waals surface area contributed by atoms with Gasteiger partial charge in [0.05, 0.1) is 0 Å². The van der Waals surface area contributed by atoms with Gasteiger partial charge < -0.3 is 5.32 Å². The summed E-state index contributed by atoms with van der Waals surface area (Å²) in [6.45, 7) is 3.21. The normalized spacial score (nSPS) is 4.67. The largest absolute Gasteiger partial charge is 0.336 e. The van der Waals surface area contributed by atoms with Gasteiger partial charge in [0.1, 0.15) is 0 Å². The minimum atomic E-state index is 0. The van der Waals surface area contributed by atoms with Gasteiger partial charge in [-0.25, -0.2) is 0 Å². The highest BCUT2D eigenvalue weighted by atomic mass is 16.1. The quantitative estimate of drug-likeness (QED) is 0.466. The fraction of sp³-hybridized carbons (Fsp3) is 0. The number of rotatable bonds is 2. The lowest BCUT2D eigenvalue weighted by Gasteiger charge is -1.70. The number of carbonyl (C=O) groups is 1. The Morgan fingerprint density at radius 1 is 1.67 bits per heavy atom. The summed E-state index contributed by atoms with van der Waals surface area (Å²) in [5, 5.41) is 2.19. The predicted molar refractivity (Wildman–Crippen MR) is 22.6 cm³/mol. The highest BCUT2D eigenvalue weighted by Crippen LogP contribution is 1.35. The van der Waals surface area contributed by atoms with Gasteiger partial charge in [0.15, 0.2) is 0 Å². The number of hydrogen-bond donors (Lipinski definition) is 1. The van der Waals surface area contributed by atoms with E-state index in [0.29, 0.717) is 6.41 Å². The van der Waals surface area contributed by atoms with Crippen LogP contribution in [0.3, 0.4) is 0 Å². The van der Waals surface area contributed by atoms with Crippen molar-refractivity contribution in [3.8, 4) is 0 Å². The topological polar surface area (TPSA) is 29.1 Å². The monoisotopic (exact) mass is 83.0 g/mol. The molecule has 1 amide bonds. The Morgan fingerprint density at radius 3 is 2.17 bits per heavy atom. The van der Waals surface area contributed by atoms with E-state index in [0.717, 1.165) is 0 Å². The van der Waals surface area contributed by atoms with E-state index < -0.39 is 0 Å². The molecule has 0 saturated carbocycles. The Labute approximate surface area is 37.9 Å². The highest BCUT2D eigenvalue weighted by Gasteiger charge is 1.50. The molecule has 2 heteroatoms. The van der Waals surface area contributed by atoms with Gasteiger partial charge >= 0.3 is 0 Å². The first-order valence-electron chi connectivity index (χ1n) is 1.22. The molecule has 0 aliphatic carbocycles. The molecule has 0 aliphatic heterocycles. The SMILES string of the molecule is C=CNC=O.[C]. The number of carbonyl (C=O) groups excluding carboxylic acids is 1. The Morgan fingerprint density at radius 2 is 2.17 bits per heavy atom. The third-order valence-electron chi connectivity index (χ3n) is 0.186. The van der Waals surface area contributed by atoms with Crippen LogP contribution in [0.2, 0.25) is 0 Å². The molecule has 2 nitrogen and oxygen atoms in total. The van der Waals surface area contributed by atoms with Gasteiger partial charge in [0.25, 0.3) is 0 Å². The summed E-state index contributed by atoms with van der Waals surface area (Å²) in [4.78, 5) is 9.22. The first-order chi connectivity index (χ1) is 2.41. The van der Waals surface area contributed by atoms with Crippen molar-refractivity contribution in [2.75, 3.05) is 0 Å². The molecule has 0 bridgehead atoms. The summed E-state index contributed by atoms with van der Waals surface area (Å²) in [6.07, 6.45) is 1.88. The van der Waals surface area contributed by atoms with Crippen LogP contribution in [0.1, 0.15) is 0 Å². The molecule has 0 heterocycles. The van der Waals surface area contributed by atoms with E-state index in [2.05, 4.69) is 11.9 Å². The summed E-state index contributed by atoms with van der Waals surface area (Å²) >= 11 is 0. The van der Waals surface area contributed by atoms with Gasteiger partial charge in [0.2, 0.25) is 6.41 Å². The van der Waals surface area contributed by atoms with Gasteiger partial charge in [-0.15, -0.1) is 0 Å². The third kappa shape index (κ3) is 10.7. The smallest absolute Gasteiger partial charge is 0.211 e. The lowest BCUT2D eigenvalue weighted by Crippen LogP contribution is -1.96. The summed E-state index contributed by atoms with van der Waals surface area (Å²) in [5.41, 5.74) is 0. The van der Waals surface area contributed by atoms with Crippen LogP contribution < -0.4 is 5.32 Å². The number of amides is 1. The zero-order valence-corrected chi connectivity index (χ0v) is 3.27.